The van der Waals surface area contributed by atoms with Crippen LogP contribution in [0.15, 0.2) is 36.8 Å². The number of imidazole rings is 1. The number of fused-ring (bicyclic) bond motifs is 3. The number of rotatable bonds is 3. The van der Waals surface area contributed by atoms with Crippen molar-refractivity contribution in [1.82, 2.24) is 9.55 Å². The molecule has 2 aromatic rings. The van der Waals surface area contributed by atoms with Crippen molar-refractivity contribution < 1.29 is 9.84 Å². The highest BCUT2D eigenvalue weighted by Gasteiger charge is 2.32. The second kappa shape index (κ2) is 5.28. The quantitative estimate of drug-likeness (QED) is 0.942. The molecule has 3 unspecified atom stereocenters. The summed E-state index contributed by atoms with van der Waals surface area (Å²) < 4.78 is 7.70. The average Bonchev–Trinajstić information content (AvgIpc) is 3.11. The smallest absolute Gasteiger partial charge is 0.0956 e. The molecule has 1 N–H and O–H groups in total. The first-order valence-corrected chi connectivity index (χ1v) is 7.71. The Labute approximate surface area is 124 Å². The maximum atomic E-state index is 10.6. The average molecular weight is 284 g/mol. The normalized spacial score (nSPS) is 25.4. The van der Waals surface area contributed by atoms with Gasteiger partial charge in [-0.15, -0.1) is 0 Å². The lowest BCUT2D eigenvalue weighted by Crippen LogP contribution is -2.31. The van der Waals surface area contributed by atoms with Crippen LogP contribution in [0.1, 0.15) is 30.9 Å². The predicted octanol–water partition coefficient (Wildman–Crippen LogP) is 2.63. The van der Waals surface area contributed by atoms with Crippen LogP contribution >= 0.6 is 0 Å². The summed E-state index contributed by atoms with van der Waals surface area (Å²) >= 11 is 0. The van der Waals surface area contributed by atoms with Gasteiger partial charge in [0.2, 0.25) is 0 Å². The lowest BCUT2D eigenvalue weighted by Gasteiger charge is -2.29. The molecular weight excluding hydrogens is 264 g/mol. The summed E-state index contributed by atoms with van der Waals surface area (Å²) in [7, 11) is 0. The molecule has 0 aliphatic carbocycles. The Morgan fingerprint density at radius 1 is 1.38 bits per heavy atom. The summed E-state index contributed by atoms with van der Waals surface area (Å²) in [5, 5.41) is 10.6. The maximum absolute atomic E-state index is 10.6. The van der Waals surface area contributed by atoms with E-state index in [2.05, 4.69) is 33.8 Å². The minimum absolute atomic E-state index is 0.190. The molecule has 0 saturated carbocycles. The largest absolute Gasteiger partial charge is 0.393 e. The van der Waals surface area contributed by atoms with Gasteiger partial charge in [-0.05, 0) is 24.8 Å². The Kier molecular flexibility index (Phi) is 3.28. The van der Waals surface area contributed by atoms with Gasteiger partial charge in [-0.1, -0.05) is 24.3 Å². The van der Waals surface area contributed by atoms with Gasteiger partial charge in [0.1, 0.15) is 0 Å². The summed E-state index contributed by atoms with van der Waals surface area (Å²) in [4.78, 5) is 4.27. The molecule has 3 heterocycles. The fourth-order valence-electron chi connectivity index (χ4n) is 3.66. The van der Waals surface area contributed by atoms with E-state index in [1.807, 2.05) is 12.5 Å². The highest BCUT2D eigenvalue weighted by atomic mass is 16.5. The van der Waals surface area contributed by atoms with Gasteiger partial charge in [-0.2, -0.15) is 0 Å². The molecule has 4 heteroatoms. The van der Waals surface area contributed by atoms with E-state index < -0.39 is 0 Å². The number of aromatic nitrogens is 2. The van der Waals surface area contributed by atoms with Crippen molar-refractivity contribution in [1.29, 1.82) is 0 Å². The fourth-order valence-corrected chi connectivity index (χ4v) is 3.66. The van der Waals surface area contributed by atoms with Crippen molar-refractivity contribution in [2.24, 2.45) is 5.92 Å². The van der Waals surface area contributed by atoms with E-state index in [0.29, 0.717) is 6.61 Å². The first-order chi connectivity index (χ1) is 10.3. The van der Waals surface area contributed by atoms with Crippen LogP contribution in [0.3, 0.4) is 0 Å². The maximum Gasteiger partial charge on any atom is 0.0956 e. The van der Waals surface area contributed by atoms with E-state index in [9.17, 15) is 5.11 Å². The minimum atomic E-state index is -0.322. The molecule has 21 heavy (non-hydrogen) atoms. The van der Waals surface area contributed by atoms with E-state index in [0.717, 1.165) is 31.6 Å². The molecule has 1 fully saturated rings. The molecule has 4 nitrogen and oxygen atoms in total. The van der Waals surface area contributed by atoms with Crippen molar-refractivity contribution in [3.05, 3.63) is 42.4 Å². The Hall–Kier alpha value is -1.65. The van der Waals surface area contributed by atoms with Crippen molar-refractivity contribution in [3.63, 3.8) is 0 Å². The third kappa shape index (κ3) is 2.19. The summed E-state index contributed by atoms with van der Waals surface area (Å²) in [6, 6.07) is 8.62. The number of aliphatic hydroxyl groups is 1. The molecule has 0 amide bonds. The van der Waals surface area contributed by atoms with Gasteiger partial charge >= 0.3 is 0 Å². The standard InChI is InChI=1S/C17H20N2O2/c20-17(12-4-3-7-21-10-12)8-15-13-5-1-2-6-14(13)16-9-18-11-19(15)16/h1-2,5-6,9,11-12,15,17,20H,3-4,7-8,10H2. The van der Waals surface area contributed by atoms with Crippen molar-refractivity contribution >= 4 is 0 Å². The molecule has 0 radical (unpaired) electrons. The van der Waals surface area contributed by atoms with Gasteiger partial charge in [0, 0.05) is 18.1 Å². The monoisotopic (exact) mass is 284 g/mol. The molecule has 3 atom stereocenters. The molecule has 1 saturated heterocycles. The van der Waals surface area contributed by atoms with Crippen molar-refractivity contribution in [2.75, 3.05) is 13.2 Å². The zero-order chi connectivity index (χ0) is 14.2. The summed E-state index contributed by atoms with van der Waals surface area (Å²) in [6.45, 7) is 1.52. The summed E-state index contributed by atoms with van der Waals surface area (Å²) in [6.07, 6.45) is 6.32. The van der Waals surface area contributed by atoms with Gasteiger partial charge in [0.05, 0.1) is 37.0 Å². The van der Waals surface area contributed by atoms with Gasteiger partial charge in [0.25, 0.3) is 0 Å². The highest BCUT2D eigenvalue weighted by molar-refractivity contribution is 5.68. The molecule has 2 aliphatic rings. The second-order valence-corrected chi connectivity index (χ2v) is 6.07. The van der Waals surface area contributed by atoms with Crippen LogP contribution < -0.4 is 0 Å². The number of nitrogens with zero attached hydrogens (tertiary/aromatic N) is 2. The van der Waals surface area contributed by atoms with Crippen LogP contribution in [0, 0.1) is 5.92 Å². The lowest BCUT2D eigenvalue weighted by molar-refractivity contribution is -0.0150. The summed E-state index contributed by atoms with van der Waals surface area (Å²) in [5.74, 6) is 0.262. The second-order valence-electron chi connectivity index (χ2n) is 6.07. The molecule has 1 aromatic heterocycles. The fraction of sp³-hybridized carbons (Fsp3) is 0.471. The highest BCUT2D eigenvalue weighted by Crippen LogP contribution is 2.42. The topological polar surface area (TPSA) is 47.3 Å². The number of ether oxygens (including phenoxy) is 1. The van der Waals surface area contributed by atoms with Crippen LogP contribution in [-0.2, 0) is 4.74 Å². The zero-order valence-corrected chi connectivity index (χ0v) is 12.0. The molecule has 1 aromatic carbocycles. The molecule has 0 bridgehead atoms. The van der Waals surface area contributed by atoms with Crippen molar-refractivity contribution in [2.45, 2.75) is 31.4 Å². The minimum Gasteiger partial charge on any atom is -0.393 e. The van der Waals surface area contributed by atoms with Crippen LogP contribution in [0.4, 0.5) is 0 Å². The number of aliphatic hydroxyl groups excluding tert-OH is 1. The van der Waals surface area contributed by atoms with Gasteiger partial charge < -0.3 is 14.4 Å². The number of hydrogen-bond acceptors (Lipinski definition) is 3. The Morgan fingerprint density at radius 3 is 3.14 bits per heavy atom. The Balaban J connectivity index is 1.60. The molecule has 2 aliphatic heterocycles. The number of hydrogen-bond donors (Lipinski definition) is 1. The Morgan fingerprint density at radius 2 is 2.29 bits per heavy atom. The first-order valence-electron chi connectivity index (χ1n) is 7.71. The van der Waals surface area contributed by atoms with Crippen LogP contribution in [0.5, 0.6) is 0 Å². The molecule has 0 spiro atoms. The zero-order valence-electron chi connectivity index (χ0n) is 12.0. The summed E-state index contributed by atoms with van der Waals surface area (Å²) in [5.41, 5.74) is 3.69. The number of benzene rings is 1. The van der Waals surface area contributed by atoms with Crippen LogP contribution in [0.2, 0.25) is 0 Å². The predicted molar refractivity (Wildman–Crippen MR) is 80.0 cm³/mol. The van der Waals surface area contributed by atoms with E-state index in [1.54, 1.807) is 0 Å². The van der Waals surface area contributed by atoms with Gasteiger partial charge in [0.15, 0.2) is 0 Å². The van der Waals surface area contributed by atoms with E-state index in [-0.39, 0.29) is 18.1 Å². The SMILES string of the molecule is OC(CC1c2ccccc2-c2cncn21)C1CCCOC1. The third-order valence-electron chi connectivity index (χ3n) is 4.80. The lowest BCUT2D eigenvalue weighted by atomic mass is 9.89. The molecule has 4 rings (SSSR count). The van der Waals surface area contributed by atoms with Crippen LogP contribution in [-0.4, -0.2) is 34.0 Å². The Bertz CT molecular complexity index is 631. The van der Waals surface area contributed by atoms with E-state index in [4.69, 9.17) is 4.74 Å². The van der Waals surface area contributed by atoms with Gasteiger partial charge in [-0.3, -0.25) is 0 Å². The van der Waals surface area contributed by atoms with E-state index in [1.165, 1.54) is 11.1 Å². The first kappa shape index (κ1) is 13.0. The van der Waals surface area contributed by atoms with Gasteiger partial charge in [-0.25, -0.2) is 4.98 Å². The van der Waals surface area contributed by atoms with Crippen molar-refractivity contribution in [3.8, 4) is 11.3 Å². The van der Waals surface area contributed by atoms with E-state index >= 15 is 0 Å². The third-order valence-corrected chi connectivity index (χ3v) is 4.80. The van der Waals surface area contributed by atoms with Crippen LogP contribution in [0.25, 0.3) is 11.3 Å². The molecular formula is C17H20N2O2. The molecule has 110 valence electrons.